The maximum atomic E-state index is 5.56. The molecule has 0 amide bonds. The summed E-state index contributed by atoms with van der Waals surface area (Å²) in [4.78, 5) is 2.49. The molecule has 3 rings (SSSR count). The van der Waals surface area contributed by atoms with Crippen molar-refractivity contribution in [3.63, 3.8) is 0 Å². The van der Waals surface area contributed by atoms with Crippen molar-refractivity contribution < 1.29 is 9.47 Å². The SMILES string of the molecule is COCCn1cc(CN2CCNCC2c2ccccc2OC)cn1.Cl. The topological polar surface area (TPSA) is 51.5 Å². The number of methoxy groups -OCH3 is 2. The zero-order chi connectivity index (χ0) is 16.8. The number of nitrogens with one attached hydrogen (secondary N) is 1. The molecule has 0 radical (unpaired) electrons. The Morgan fingerprint density at radius 1 is 1.28 bits per heavy atom. The van der Waals surface area contributed by atoms with Gasteiger partial charge in [-0.25, -0.2) is 0 Å². The van der Waals surface area contributed by atoms with Crippen molar-refractivity contribution in [1.82, 2.24) is 20.0 Å². The lowest BCUT2D eigenvalue weighted by molar-refractivity contribution is 0.151. The second-order valence-electron chi connectivity index (χ2n) is 6.04. The van der Waals surface area contributed by atoms with Crippen LogP contribution in [-0.4, -0.2) is 55.1 Å². The Balaban J connectivity index is 0.00000225. The van der Waals surface area contributed by atoms with Crippen LogP contribution in [0.2, 0.25) is 0 Å². The fourth-order valence-electron chi connectivity index (χ4n) is 3.21. The molecule has 1 aliphatic rings. The second kappa shape index (κ2) is 9.77. The number of benzene rings is 1. The molecule has 1 unspecified atom stereocenters. The zero-order valence-electron chi connectivity index (χ0n) is 14.9. The van der Waals surface area contributed by atoms with Crippen LogP contribution in [0.1, 0.15) is 17.2 Å². The summed E-state index contributed by atoms with van der Waals surface area (Å²) >= 11 is 0. The van der Waals surface area contributed by atoms with Crippen LogP contribution in [-0.2, 0) is 17.8 Å². The number of piperazine rings is 1. The Bertz CT molecular complexity index is 650. The van der Waals surface area contributed by atoms with Gasteiger partial charge in [-0.3, -0.25) is 9.58 Å². The average Bonchev–Trinajstić information content (AvgIpc) is 3.08. The third kappa shape index (κ3) is 4.95. The van der Waals surface area contributed by atoms with E-state index >= 15 is 0 Å². The van der Waals surface area contributed by atoms with E-state index in [0.717, 1.165) is 38.5 Å². The number of ether oxygens (including phenoxy) is 2. The van der Waals surface area contributed by atoms with Gasteiger partial charge in [0.2, 0.25) is 0 Å². The normalized spacial score (nSPS) is 17.9. The summed E-state index contributed by atoms with van der Waals surface area (Å²) < 4.78 is 12.6. The van der Waals surface area contributed by atoms with Gasteiger partial charge in [0.15, 0.2) is 0 Å². The smallest absolute Gasteiger partial charge is 0.123 e. The number of aromatic nitrogens is 2. The third-order valence-electron chi connectivity index (χ3n) is 4.45. The van der Waals surface area contributed by atoms with Crippen LogP contribution in [0.5, 0.6) is 5.75 Å². The molecule has 1 fully saturated rings. The number of hydrogen-bond donors (Lipinski definition) is 1. The van der Waals surface area contributed by atoms with E-state index < -0.39 is 0 Å². The van der Waals surface area contributed by atoms with Crippen molar-refractivity contribution >= 4 is 12.4 Å². The van der Waals surface area contributed by atoms with E-state index in [1.54, 1.807) is 14.2 Å². The molecule has 0 bridgehead atoms. The fourth-order valence-corrected chi connectivity index (χ4v) is 3.21. The zero-order valence-corrected chi connectivity index (χ0v) is 15.7. The molecule has 1 aliphatic heterocycles. The Morgan fingerprint density at radius 3 is 2.92 bits per heavy atom. The standard InChI is InChI=1S/C18H26N4O2.ClH/c1-23-10-9-22-14-15(11-20-22)13-21-8-7-19-12-17(21)16-5-3-4-6-18(16)24-2;/h3-6,11,14,17,19H,7-10,12-13H2,1-2H3;1H. The molecular weight excluding hydrogens is 340 g/mol. The molecule has 7 heteroatoms. The molecule has 138 valence electrons. The Labute approximate surface area is 155 Å². The van der Waals surface area contributed by atoms with Gasteiger partial charge in [0.05, 0.1) is 32.5 Å². The first-order chi connectivity index (χ1) is 11.8. The van der Waals surface area contributed by atoms with Crippen LogP contribution in [0.4, 0.5) is 0 Å². The summed E-state index contributed by atoms with van der Waals surface area (Å²) in [6.45, 7) is 5.29. The van der Waals surface area contributed by atoms with Gasteiger partial charge in [0, 0.05) is 50.6 Å². The Hall–Kier alpha value is -1.60. The first kappa shape index (κ1) is 19.7. The van der Waals surface area contributed by atoms with Crippen LogP contribution >= 0.6 is 12.4 Å². The first-order valence-corrected chi connectivity index (χ1v) is 8.39. The average molecular weight is 367 g/mol. The van der Waals surface area contributed by atoms with Crippen molar-refractivity contribution in [2.45, 2.75) is 19.1 Å². The van der Waals surface area contributed by atoms with Crippen LogP contribution < -0.4 is 10.1 Å². The highest BCUT2D eigenvalue weighted by atomic mass is 35.5. The monoisotopic (exact) mass is 366 g/mol. The molecule has 6 nitrogen and oxygen atoms in total. The Kier molecular flexibility index (Phi) is 7.71. The first-order valence-electron chi connectivity index (χ1n) is 8.39. The minimum Gasteiger partial charge on any atom is -0.496 e. The van der Waals surface area contributed by atoms with Gasteiger partial charge in [-0.05, 0) is 6.07 Å². The summed E-state index contributed by atoms with van der Waals surface area (Å²) in [5.41, 5.74) is 2.46. The number of hydrogen-bond acceptors (Lipinski definition) is 5. The van der Waals surface area contributed by atoms with Crippen molar-refractivity contribution in [3.05, 3.63) is 47.8 Å². The van der Waals surface area contributed by atoms with E-state index in [2.05, 4.69) is 33.6 Å². The van der Waals surface area contributed by atoms with Crippen molar-refractivity contribution in [2.24, 2.45) is 0 Å². The van der Waals surface area contributed by atoms with Gasteiger partial charge < -0.3 is 14.8 Å². The van der Waals surface area contributed by atoms with Crippen molar-refractivity contribution in [2.75, 3.05) is 40.5 Å². The minimum atomic E-state index is 0. The van der Waals surface area contributed by atoms with Crippen LogP contribution in [0.3, 0.4) is 0 Å². The molecule has 1 aromatic heterocycles. The summed E-state index contributed by atoms with van der Waals surface area (Å²) in [7, 11) is 3.45. The second-order valence-corrected chi connectivity index (χ2v) is 6.04. The number of para-hydroxylation sites is 1. The minimum absolute atomic E-state index is 0. The summed E-state index contributed by atoms with van der Waals surface area (Å²) in [5.74, 6) is 0.951. The largest absolute Gasteiger partial charge is 0.496 e. The van der Waals surface area contributed by atoms with E-state index in [-0.39, 0.29) is 12.4 Å². The van der Waals surface area contributed by atoms with Crippen molar-refractivity contribution in [1.29, 1.82) is 0 Å². The van der Waals surface area contributed by atoms with E-state index in [0.29, 0.717) is 12.6 Å². The summed E-state index contributed by atoms with van der Waals surface area (Å²) in [5, 5.41) is 7.92. The highest BCUT2D eigenvalue weighted by molar-refractivity contribution is 5.85. The van der Waals surface area contributed by atoms with Gasteiger partial charge in [-0.1, -0.05) is 18.2 Å². The quantitative estimate of drug-likeness (QED) is 0.813. The number of halogens is 1. The highest BCUT2D eigenvalue weighted by Crippen LogP contribution is 2.31. The lowest BCUT2D eigenvalue weighted by Crippen LogP contribution is -2.45. The number of rotatable bonds is 7. The van der Waals surface area contributed by atoms with Crippen LogP contribution in [0.25, 0.3) is 0 Å². The van der Waals surface area contributed by atoms with E-state index in [9.17, 15) is 0 Å². The number of nitrogens with zero attached hydrogens (tertiary/aromatic N) is 3. The fraction of sp³-hybridized carbons (Fsp3) is 0.500. The van der Waals surface area contributed by atoms with Crippen LogP contribution in [0, 0.1) is 0 Å². The maximum Gasteiger partial charge on any atom is 0.123 e. The van der Waals surface area contributed by atoms with Gasteiger partial charge in [-0.2, -0.15) is 5.10 Å². The maximum absolute atomic E-state index is 5.56. The Morgan fingerprint density at radius 2 is 2.12 bits per heavy atom. The van der Waals surface area contributed by atoms with Gasteiger partial charge in [-0.15, -0.1) is 12.4 Å². The molecule has 1 atom stereocenters. The highest BCUT2D eigenvalue weighted by Gasteiger charge is 2.26. The molecule has 0 spiro atoms. The van der Waals surface area contributed by atoms with E-state index in [4.69, 9.17) is 9.47 Å². The molecule has 1 aromatic carbocycles. The van der Waals surface area contributed by atoms with Crippen molar-refractivity contribution in [3.8, 4) is 5.75 Å². The predicted molar refractivity (Wildman–Crippen MR) is 100 cm³/mol. The molecule has 0 aliphatic carbocycles. The van der Waals surface area contributed by atoms with Crippen LogP contribution in [0.15, 0.2) is 36.7 Å². The molecule has 2 heterocycles. The predicted octanol–water partition coefficient (Wildman–Crippen LogP) is 2.11. The third-order valence-corrected chi connectivity index (χ3v) is 4.45. The lowest BCUT2D eigenvalue weighted by atomic mass is 10.0. The molecular formula is C18H27ClN4O2. The van der Waals surface area contributed by atoms with E-state index in [1.807, 2.05) is 23.0 Å². The molecule has 1 saturated heterocycles. The van der Waals surface area contributed by atoms with Gasteiger partial charge in [0.1, 0.15) is 5.75 Å². The summed E-state index contributed by atoms with van der Waals surface area (Å²) in [6, 6.07) is 8.59. The van der Waals surface area contributed by atoms with Gasteiger partial charge in [0.25, 0.3) is 0 Å². The lowest BCUT2D eigenvalue weighted by Gasteiger charge is -2.36. The summed E-state index contributed by atoms with van der Waals surface area (Å²) in [6.07, 6.45) is 4.07. The van der Waals surface area contributed by atoms with E-state index in [1.165, 1.54) is 11.1 Å². The molecule has 0 saturated carbocycles. The molecule has 1 N–H and O–H groups in total. The van der Waals surface area contributed by atoms with Gasteiger partial charge >= 0.3 is 0 Å². The molecule has 25 heavy (non-hydrogen) atoms. The molecule has 2 aromatic rings.